The predicted molar refractivity (Wildman–Crippen MR) is 149 cm³/mol. The number of hydrogen-bond acceptors (Lipinski definition) is 8. The van der Waals surface area contributed by atoms with Crippen LogP contribution in [-0.4, -0.2) is 63.3 Å². The summed E-state index contributed by atoms with van der Waals surface area (Å²) < 4.78 is 27.6. The maximum atomic E-state index is 13.4. The highest BCUT2D eigenvalue weighted by Crippen LogP contribution is 2.46. The number of aliphatic hydroxyl groups is 1. The van der Waals surface area contributed by atoms with E-state index in [4.69, 9.17) is 23.7 Å². The minimum absolute atomic E-state index is 0.0450. The summed E-state index contributed by atoms with van der Waals surface area (Å²) in [6.45, 7) is 2.52. The maximum Gasteiger partial charge on any atom is 0.295 e. The third kappa shape index (κ3) is 5.60. The van der Waals surface area contributed by atoms with Gasteiger partial charge in [-0.15, -0.1) is 0 Å². The molecule has 0 radical (unpaired) electrons. The second-order valence-electron chi connectivity index (χ2n) is 9.19. The van der Waals surface area contributed by atoms with Crippen LogP contribution in [0.15, 0.2) is 66.2 Å². The number of nitrogens with zero attached hydrogens (tertiary/aromatic N) is 1. The maximum absolute atomic E-state index is 13.4. The molecular formula is C31H33NO8. The average Bonchev–Trinajstić information content (AvgIpc) is 3.23. The molecule has 1 atom stereocenters. The van der Waals surface area contributed by atoms with Crippen LogP contribution in [0.5, 0.6) is 23.0 Å². The lowest BCUT2D eigenvalue weighted by atomic mass is 9.93. The zero-order valence-corrected chi connectivity index (χ0v) is 23.2. The first-order valence-corrected chi connectivity index (χ1v) is 12.7. The van der Waals surface area contributed by atoms with Gasteiger partial charge in [0, 0.05) is 19.2 Å². The van der Waals surface area contributed by atoms with Crippen LogP contribution in [0.4, 0.5) is 0 Å². The van der Waals surface area contributed by atoms with E-state index in [0.29, 0.717) is 46.3 Å². The smallest absolute Gasteiger partial charge is 0.295 e. The van der Waals surface area contributed by atoms with Crippen molar-refractivity contribution >= 4 is 17.4 Å². The van der Waals surface area contributed by atoms with Crippen molar-refractivity contribution in [3.63, 3.8) is 0 Å². The molecule has 0 unspecified atom stereocenters. The molecule has 9 nitrogen and oxygen atoms in total. The number of carbonyl (C=O) groups excluding carboxylic acids is 2. The zero-order chi connectivity index (χ0) is 28.8. The molecule has 1 aliphatic rings. The van der Waals surface area contributed by atoms with Gasteiger partial charge in [-0.1, -0.05) is 30.3 Å². The molecule has 0 aromatic heterocycles. The highest BCUT2D eigenvalue weighted by Gasteiger charge is 2.46. The number of likely N-dealkylation sites (tertiary alicyclic amines) is 1. The van der Waals surface area contributed by atoms with Crippen molar-refractivity contribution < 1.29 is 38.4 Å². The Morgan fingerprint density at radius 2 is 1.57 bits per heavy atom. The molecule has 0 saturated carbocycles. The third-order valence-corrected chi connectivity index (χ3v) is 6.78. The summed E-state index contributed by atoms with van der Waals surface area (Å²) in [5, 5.41) is 11.5. The fourth-order valence-corrected chi connectivity index (χ4v) is 4.78. The van der Waals surface area contributed by atoms with Crippen molar-refractivity contribution in [2.75, 3.05) is 41.6 Å². The van der Waals surface area contributed by atoms with Crippen molar-refractivity contribution in [1.29, 1.82) is 0 Å². The van der Waals surface area contributed by atoms with Crippen molar-refractivity contribution in [3.8, 4) is 23.0 Å². The molecule has 0 spiro atoms. The van der Waals surface area contributed by atoms with Gasteiger partial charge in [-0.3, -0.25) is 9.59 Å². The van der Waals surface area contributed by atoms with Crippen LogP contribution >= 0.6 is 0 Å². The fourth-order valence-electron chi connectivity index (χ4n) is 4.78. The van der Waals surface area contributed by atoms with Gasteiger partial charge in [0.25, 0.3) is 11.7 Å². The largest absolute Gasteiger partial charge is 0.507 e. The van der Waals surface area contributed by atoms with E-state index in [9.17, 15) is 14.7 Å². The SMILES string of the molecule is COCCN1C(=O)C(=O)C(=C(O)c2ccc(OCc3ccccc3)cc2C)[C@H]1c1cc(OC)c(OC)c(OC)c1. The summed E-state index contributed by atoms with van der Waals surface area (Å²) in [4.78, 5) is 28.0. The molecule has 3 aromatic carbocycles. The van der Waals surface area contributed by atoms with E-state index < -0.39 is 17.7 Å². The zero-order valence-electron chi connectivity index (χ0n) is 23.2. The lowest BCUT2D eigenvalue weighted by Crippen LogP contribution is -2.32. The fraction of sp³-hybridized carbons (Fsp3) is 0.290. The number of ether oxygens (including phenoxy) is 5. The standard InChI is InChI=1S/C31H33NO8/c1-19-15-22(40-18-20-9-7-6-8-10-20)11-12-23(19)28(33)26-27(32(13-14-36-2)31(35)29(26)34)21-16-24(37-3)30(39-5)25(17-21)38-4/h6-12,15-17,27,33H,13-14,18H2,1-5H3/t27-/m1/s1. The molecule has 1 N–H and O–H groups in total. The van der Waals surface area contributed by atoms with Gasteiger partial charge in [-0.05, 0) is 53.9 Å². The van der Waals surface area contributed by atoms with E-state index in [1.165, 1.54) is 33.3 Å². The first-order valence-electron chi connectivity index (χ1n) is 12.7. The van der Waals surface area contributed by atoms with Gasteiger partial charge >= 0.3 is 0 Å². The number of ketones is 1. The summed E-state index contributed by atoms with van der Waals surface area (Å²) in [6, 6.07) is 17.4. The number of aliphatic hydroxyl groups excluding tert-OH is 1. The highest BCUT2D eigenvalue weighted by atomic mass is 16.5. The van der Waals surface area contributed by atoms with Crippen LogP contribution < -0.4 is 18.9 Å². The Morgan fingerprint density at radius 1 is 0.900 bits per heavy atom. The molecule has 1 fully saturated rings. The van der Waals surface area contributed by atoms with E-state index >= 15 is 0 Å². The Balaban J connectivity index is 1.79. The van der Waals surface area contributed by atoms with Crippen LogP contribution in [0.3, 0.4) is 0 Å². The Bertz CT molecular complexity index is 1390. The van der Waals surface area contributed by atoms with Crippen molar-refractivity contribution in [2.45, 2.75) is 19.6 Å². The Morgan fingerprint density at radius 3 is 2.15 bits per heavy atom. The molecular weight excluding hydrogens is 514 g/mol. The first-order chi connectivity index (χ1) is 19.3. The minimum Gasteiger partial charge on any atom is -0.507 e. The predicted octanol–water partition coefficient (Wildman–Crippen LogP) is 4.67. The molecule has 0 aliphatic carbocycles. The van der Waals surface area contributed by atoms with E-state index in [0.717, 1.165) is 5.56 Å². The Kier molecular flexibility index (Phi) is 8.96. The number of hydrogen-bond donors (Lipinski definition) is 1. The molecule has 1 amide bonds. The van der Waals surface area contributed by atoms with Crippen LogP contribution in [0.1, 0.15) is 28.3 Å². The van der Waals surface area contributed by atoms with Crippen LogP contribution in [0.2, 0.25) is 0 Å². The van der Waals surface area contributed by atoms with Crippen LogP contribution in [0.25, 0.3) is 5.76 Å². The number of aryl methyl sites for hydroxylation is 1. The molecule has 3 aromatic rings. The van der Waals surface area contributed by atoms with Crippen LogP contribution in [-0.2, 0) is 20.9 Å². The highest BCUT2D eigenvalue weighted by molar-refractivity contribution is 6.46. The molecule has 40 heavy (non-hydrogen) atoms. The minimum atomic E-state index is -0.919. The second-order valence-corrected chi connectivity index (χ2v) is 9.19. The third-order valence-electron chi connectivity index (χ3n) is 6.78. The number of methoxy groups -OCH3 is 4. The van der Waals surface area contributed by atoms with Gasteiger partial charge in [-0.25, -0.2) is 0 Å². The average molecular weight is 548 g/mol. The van der Waals surface area contributed by atoms with Gasteiger partial charge in [0.2, 0.25) is 5.75 Å². The molecule has 1 saturated heterocycles. The number of rotatable bonds is 11. The number of benzene rings is 3. The topological polar surface area (TPSA) is 104 Å². The summed E-state index contributed by atoms with van der Waals surface area (Å²) in [7, 11) is 5.96. The summed E-state index contributed by atoms with van der Waals surface area (Å²) in [5.41, 5.74) is 2.57. The first kappa shape index (κ1) is 28.5. The summed E-state index contributed by atoms with van der Waals surface area (Å²) in [5.74, 6) is -0.141. The number of Topliss-reactive ketones (excluding diaryl/α,β-unsaturated/α-hetero) is 1. The summed E-state index contributed by atoms with van der Waals surface area (Å²) in [6.07, 6.45) is 0. The van der Waals surface area contributed by atoms with E-state index in [1.54, 1.807) is 37.3 Å². The van der Waals surface area contributed by atoms with E-state index in [2.05, 4.69) is 0 Å². The normalized spacial score (nSPS) is 16.2. The monoisotopic (exact) mass is 547 g/mol. The van der Waals surface area contributed by atoms with Gasteiger partial charge in [0.15, 0.2) is 11.5 Å². The van der Waals surface area contributed by atoms with Gasteiger partial charge in [0.05, 0.1) is 39.6 Å². The van der Waals surface area contributed by atoms with Gasteiger partial charge in [0.1, 0.15) is 18.1 Å². The van der Waals surface area contributed by atoms with Crippen molar-refractivity contribution in [2.24, 2.45) is 0 Å². The van der Waals surface area contributed by atoms with E-state index in [1.807, 2.05) is 30.3 Å². The molecule has 9 heteroatoms. The molecule has 210 valence electrons. The van der Waals surface area contributed by atoms with Crippen LogP contribution in [0, 0.1) is 6.92 Å². The Labute approximate surface area is 233 Å². The van der Waals surface area contributed by atoms with Crippen molar-refractivity contribution in [1.82, 2.24) is 4.90 Å². The molecule has 4 rings (SSSR count). The Hall–Kier alpha value is -4.50. The lowest BCUT2D eigenvalue weighted by molar-refractivity contribution is -0.140. The summed E-state index contributed by atoms with van der Waals surface area (Å²) >= 11 is 0. The molecule has 1 heterocycles. The van der Waals surface area contributed by atoms with Gasteiger partial charge in [-0.2, -0.15) is 0 Å². The lowest BCUT2D eigenvalue weighted by Gasteiger charge is -2.26. The van der Waals surface area contributed by atoms with E-state index in [-0.39, 0.29) is 24.5 Å². The van der Waals surface area contributed by atoms with Gasteiger partial charge < -0.3 is 33.7 Å². The molecule has 0 bridgehead atoms. The quantitative estimate of drug-likeness (QED) is 0.210. The van der Waals surface area contributed by atoms with Crippen molar-refractivity contribution in [3.05, 3.63) is 88.5 Å². The molecule has 1 aliphatic heterocycles. The number of carbonyl (C=O) groups is 2. The second kappa shape index (κ2) is 12.6. The number of amides is 1.